The fourth-order valence-corrected chi connectivity index (χ4v) is 1.83. The van der Waals surface area contributed by atoms with Crippen molar-refractivity contribution in [3.05, 3.63) is 42.5 Å². The van der Waals surface area contributed by atoms with Gasteiger partial charge < -0.3 is 15.6 Å². The molecule has 1 amide bonds. The Hall–Kier alpha value is -2.30. The number of rotatable bonds is 5. The van der Waals surface area contributed by atoms with E-state index >= 15 is 0 Å². The van der Waals surface area contributed by atoms with Crippen LogP contribution in [0.5, 0.6) is 0 Å². The minimum absolute atomic E-state index is 0.00816. The van der Waals surface area contributed by atoms with Crippen molar-refractivity contribution in [3.8, 4) is 0 Å². The first kappa shape index (κ1) is 13.1. The van der Waals surface area contributed by atoms with Crippen LogP contribution in [-0.2, 0) is 11.3 Å². The summed E-state index contributed by atoms with van der Waals surface area (Å²) < 4.78 is 1.96. The SMILES string of the molecule is Cc1ccc(N)cc1NC(=O)CCCn1ccnc1. The van der Waals surface area contributed by atoms with Crippen molar-refractivity contribution in [2.24, 2.45) is 0 Å². The molecule has 19 heavy (non-hydrogen) atoms. The van der Waals surface area contributed by atoms with Gasteiger partial charge in [0.1, 0.15) is 0 Å². The average molecular weight is 258 g/mol. The molecule has 1 aromatic heterocycles. The van der Waals surface area contributed by atoms with Crippen molar-refractivity contribution in [1.29, 1.82) is 0 Å². The third-order valence-corrected chi connectivity index (χ3v) is 2.92. The highest BCUT2D eigenvalue weighted by Crippen LogP contribution is 2.18. The first-order chi connectivity index (χ1) is 9.15. The number of nitrogens with zero attached hydrogens (tertiary/aromatic N) is 2. The highest BCUT2D eigenvalue weighted by molar-refractivity contribution is 5.91. The lowest BCUT2D eigenvalue weighted by Crippen LogP contribution is -2.13. The molecule has 0 unspecified atom stereocenters. The molecule has 100 valence electrons. The van der Waals surface area contributed by atoms with Crippen LogP contribution in [0, 0.1) is 6.92 Å². The van der Waals surface area contributed by atoms with Gasteiger partial charge in [0.2, 0.25) is 5.91 Å². The van der Waals surface area contributed by atoms with E-state index in [1.165, 1.54) is 0 Å². The maximum absolute atomic E-state index is 11.8. The number of nitrogens with one attached hydrogen (secondary N) is 1. The summed E-state index contributed by atoms with van der Waals surface area (Å²) in [4.78, 5) is 15.8. The second-order valence-corrected chi connectivity index (χ2v) is 4.53. The molecule has 0 aliphatic carbocycles. The summed E-state index contributed by atoms with van der Waals surface area (Å²) in [5.74, 6) is 0.00816. The zero-order chi connectivity index (χ0) is 13.7. The molecule has 1 aromatic carbocycles. The van der Waals surface area contributed by atoms with E-state index in [2.05, 4.69) is 10.3 Å². The van der Waals surface area contributed by atoms with Crippen molar-refractivity contribution in [3.63, 3.8) is 0 Å². The minimum Gasteiger partial charge on any atom is -0.399 e. The van der Waals surface area contributed by atoms with Crippen LogP contribution in [-0.4, -0.2) is 15.5 Å². The summed E-state index contributed by atoms with van der Waals surface area (Å²) in [6.45, 7) is 2.74. The number of imidazole rings is 1. The molecule has 0 atom stereocenters. The van der Waals surface area contributed by atoms with E-state index in [0.29, 0.717) is 12.1 Å². The molecular formula is C14H18N4O. The molecular weight excluding hydrogens is 240 g/mol. The molecule has 0 saturated carbocycles. The Labute approximate surface area is 112 Å². The molecule has 0 spiro atoms. The van der Waals surface area contributed by atoms with Crippen LogP contribution in [0.4, 0.5) is 11.4 Å². The molecule has 0 fully saturated rings. The summed E-state index contributed by atoms with van der Waals surface area (Å²) in [6, 6.07) is 5.50. The number of nitrogens with two attached hydrogens (primary N) is 1. The fourth-order valence-electron chi connectivity index (χ4n) is 1.83. The van der Waals surface area contributed by atoms with Crippen LogP contribution in [0.2, 0.25) is 0 Å². The van der Waals surface area contributed by atoms with Crippen LogP contribution in [0.1, 0.15) is 18.4 Å². The zero-order valence-electron chi connectivity index (χ0n) is 11.0. The van der Waals surface area contributed by atoms with Crippen molar-refractivity contribution in [1.82, 2.24) is 9.55 Å². The third-order valence-electron chi connectivity index (χ3n) is 2.92. The van der Waals surface area contributed by atoms with Gasteiger partial charge in [-0.1, -0.05) is 6.07 Å². The number of hydrogen-bond acceptors (Lipinski definition) is 3. The van der Waals surface area contributed by atoms with Crippen molar-refractivity contribution < 1.29 is 4.79 Å². The van der Waals surface area contributed by atoms with E-state index in [4.69, 9.17) is 5.73 Å². The predicted octanol–water partition coefficient (Wildman–Crippen LogP) is 2.19. The summed E-state index contributed by atoms with van der Waals surface area (Å²) >= 11 is 0. The lowest BCUT2D eigenvalue weighted by molar-refractivity contribution is -0.116. The fraction of sp³-hybridized carbons (Fsp3) is 0.286. The Balaban J connectivity index is 1.82. The van der Waals surface area contributed by atoms with Gasteiger partial charge in [-0.15, -0.1) is 0 Å². The smallest absolute Gasteiger partial charge is 0.224 e. The van der Waals surface area contributed by atoms with Crippen molar-refractivity contribution in [2.45, 2.75) is 26.3 Å². The Kier molecular flexibility index (Phi) is 4.18. The number of aromatic nitrogens is 2. The van der Waals surface area contributed by atoms with Crippen LogP contribution >= 0.6 is 0 Å². The summed E-state index contributed by atoms with van der Waals surface area (Å²) in [5, 5.41) is 2.89. The molecule has 2 rings (SSSR count). The number of hydrogen-bond donors (Lipinski definition) is 2. The number of anilines is 2. The molecule has 5 heteroatoms. The molecule has 0 aliphatic heterocycles. The minimum atomic E-state index is 0.00816. The standard InChI is InChI=1S/C14H18N4O/c1-11-4-5-12(15)9-13(11)17-14(19)3-2-7-18-8-6-16-10-18/h4-6,8-10H,2-3,7,15H2,1H3,(H,17,19). The first-order valence-corrected chi connectivity index (χ1v) is 6.27. The first-order valence-electron chi connectivity index (χ1n) is 6.27. The van der Waals surface area contributed by atoms with Gasteiger partial charge in [-0.25, -0.2) is 4.98 Å². The molecule has 0 radical (unpaired) electrons. The normalized spacial score (nSPS) is 10.4. The number of aryl methyl sites for hydroxylation is 2. The second-order valence-electron chi connectivity index (χ2n) is 4.53. The quantitative estimate of drug-likeness (QED) is 0.807. The van der Waals surface area contributed by atoms with Gasteiger partial charge in [-0.05, 0) is 31.0 Å². The Morgan fingerprint density at radius 2 is 2.32 bits per heavy atom. The lowest BCUT2D eigenvalue weighted by Gasteiger charge is -2.09. The maximum Gasteiger partial charge on any atom is 0.224 e. The average Bonchev–Trinajstić information content (AvgIpc) is 2.87. The van der Waals surface area contributed by atoms with Crippen LogP contribution < -0.4 is 11.1 Å². The van der Waals surface area contributed by atoms with Gasteiger partial charge in [0.25, 0.3) is 0 Å². The van der Waals surface area contributed by atoms with E-state index in [9.17, 15) is 4.79 Å². The molecule has 1 heterocycles. The Morgan fingerprint density at radius 3 is 3.05 bits per heavy atom. The highest BCUT2D eigenvalue weighted by Gasteiger charge is 2.05. The molecule has 2 aromatic rings. The van der Waals surface area contributed by atoms with E-state index < -0.39 is 0 Å². The molecule has 3 N–H and O–H groups in total. The van der Waals surface area contributed by atoms with Gasteiger partial charge in [0.15, 0.2) is 0 Å². The Morgan fingerprint density at radius 1 is 1.47 bits per heavy atom. The summed E-state index contributed by atoms with van der Waals surface area (Å²) in [5.41, 5.74) is 8.15. The Bertz CT molecular complexity index is 549. The second kappa shape index (κ2) is 6.04. The molecule has 0 saturated heterocycles. The molecule has 5 nitrogen and oxygen atoms in total. The van der Waals surface area contributed by atoms with Crippen molar-refractivity contribution in [2.75, 3.05) is 11.1 Å². The van der Waals surface area contributed by atoms with E-state index in [-0.39, 0.29) is 5.91 Å². The van der Waals surface area contributed by atoms with Gasteiger partial charge in [-0.2, -0.15) is 0 Å². The number of nitrogen functional groups attached to an aromatic ring is 1. The van der Waals surface area contributed by atoms with Gasteiger partial charge >= 0.3 is 0 Å². The van der Waals surface area contributed by atoms with Gasteiger partial charge in [0.05, 0.1) is 6.33 Å². The number of amides is 1. The van der Waals surface area contributed by atoms with E-state index in [1.54, 1.807) is 18.6 Å². The zero-order valence-corrected chi connectivity index (χ0v) is 11.0. The van der Waals surface area contributed by atoms with Gasteiger partial charge in [-0.3, -0.25) is 4.79 Å². The molecule has 0 aliphatic rings. The lowest BCUT2D eigenvalue weighted by atomic mass is 10.1. The molecule has 0 bridgehead atoms. The van der Waals surface area contributed by atoms with E-state index in [0.717, 1.165) is 24.2 Å². The highest BCUT2D eigenvalue weighted by atomic mass is 16.1. The van der Waals surface area contributed by atoms with Crippen LogP contribution in [0.15, 0.2) is 36.9 Å². The van der Waals surface area contributed by atoms with Gasteiger partial charge in [0, 0.05) is 36.7 Å². The number of carbonyl (C=O) groups is 1. The largest absolute Gasteiger partial charge is 0.399 e. The number of carbonyl (C=O) groups excluding carboxylic acids is 1. The maximum atomic E-state index is 11.8. The number of benzene rings is 1. The van der Waals surface area contributed by atoms with Crippen molar-refractivity contribution >= 4 is 17.3 Å². The van der Waals surface area contributed by atoms with Crippen LogP contribution in [0.25, 0.3) is 0 Å². The van der Waals surface area contributed by atoms with Crippen LogP contribution in [0.3, 0.4) is 0 Å². The summed E-state index contributed by atoms with van der Waals surface area (Å²) in [7, 11) is 0. The monoisotopic (exact) mass is 258 g/mol. The van der Waals surface area contributed by atoms with E-state index in [1.807, 2.05) is 29.8 Å². The predicted molar refractivity (Wildman–Crippen MR) is 75.7 cm³/mol. The summed E-state index contributed by atoms with van der Waals surface area (Å²) in [6.07, 6.45) is 6.63. The topological polar surface area (TPSA) is 72.9 Å². The third kappa shape index (κ3) is 3.84.